The minimum absolute atomic E-state index is 0.123. The second-order valence-corrected chi connectivity index (χ2v) is 5.10. The molecule has 1 aromatic rings. The molecule has 0 saturated heterocycles. The molecule has 0 aromatic carbocycles. The summed E-state index contributed by atoms with van der Waals surface area (Å²) in [4.78, 5) is 0. The summed E-state index contributed by atoms with van der Waals surface area (Å²) in [6.45, 7) is 6.45. The molecule has 0 spiro atoms. The van der Waals surface area contributed by atoms with Gasteiger partial charge in [-0.3, -0.25) is 4.68 Å². The lowest BCUT2D eigenvalue weighted by atomic mass is 10.1. The van der Waals surface area contributed by atoms with Crippen LogP contribution in [-0.2, 0) is 11.7 Å². The largest absolute Gasteiger partial charge is 0.433 e. The van der Waals surface area contributed by atoms with E-state index in [0.717, 1.165) is 4.68 Å². The number of alkyl halides is 3. The number of hydrogen-bond acceptors (Lipinski definition) is 1. The Labute approximate surface area is 94.6 Å². The van der Waals surface area contributed by atoms with E-state index in [1.165, 1.54) is 6.92 Å². The predicted molar refractivity (Wildman–Crippen MR) is 54.7 cm³/mol. The molecular weight excluding hydrogens is 273 g/mol. The Balaban J connectivity index is 3.48. The highest BCUT2D eigenvalue weighted by molar-refractivity contribution is 9.10. The van der Waals surface area contributed by atoms with Gasteiger partial charge in [0.1, 0.15) is 10.3 Å². The van der Waals surface area contributed by atoms with Gasteiger partial charge in [0.15, 0.2) is 0 Å². The maximum Gasteiger partial charge on any atom is 0.433 e. The summed E-state index contributed by atoms with van der Waals surface area (Å²) < 4.78 is 39.6. The Morgan fingerprint density at radius 3 is 1.93 bits per heavy atom. The first-order chi connectivity index (χ1) is 6.55. The summed E-state index contributed by atoms with van der Waals surface area (Å²) in [7, 11) is 0. The fourth-order valence-corrected chi connectivity index (χ4v) is 1.63. The second-order valence-electron chi connectivity index (χ2n) is 4.34. The van der Waals surface area contributed by atoms with Crippen LogP contribution in [-0.4, -0.2) is 9.78 Å². The summed E-state index contributed by atoms with van der Waals surface area (Å²) in [5.74, 6) is 0. The smallest absolute Gasteiger partial charge is 0.254 e. The molecule has 0 bridgehead atoms. The van der Waals surface area contributed by atoms with Gasteiger partial charge in [-0.25, -0.2) is 0 Å². The molecule has 0 N–H and O–H groups in total. The highest BCUT2D eigenvalue weighted by Gasteiger charge is 2.40. The molecule has 0 unspecified atom stereocenters. The number of hydrogen-bond donors (Lipinski definition) is 0. The maximum absolute atomic E-state index is 12.8. The van der Waals surface area contributed by atoms with Crippen LogP contribution in [0.15, 0.2) is 4.60 Å². The van der Waals surface area contributed by atoms with Gasteiger partial charge in [0, 0.05) is 5.56 Å². The van der Waals surface area contributed by atoms with Gasteiger partial charge in [-0.1, -0.05) is 0 Å². The van der Waals surface area contributed by atoms with Crippen molar-refractivity contribution in [2.75, 3.05) is 0 Å². The van der Waals surface area contributed by atoms with Crippen molar-refractivity contribution in [3.8, 4) is 0 Å². The van der Waals surface area contributed by atoms with Gasteiger partial charge in [0.2, 0.25) is 0 Å². The molecule has 0 saturated carbocycles. The molecule has 86 valence electrons. The minimum Gasteiger partial charge on any atom is -0.254 e. The van der Waals surface area contributed by atoms with Crippen LogP contribution in [0.4, 0.5) is 13.2 Å². The molecule has 6 heteroatoms. The first-order valence-electron chi connectivity index (χ1n) is 4.38. The lowest BCUT2D eigenvalue weighted by Crippen LogP contribution is -2.29. The number of rotatable bonds is 0. The third-order valence-corrected chi connectivity index (χ3v) is 2.72. The van der Waals surface area contributed by atoms with E-state index in [1.807, 2.05) is 0 Å². The summed E-state index contributed by atoms with van der Waals surface area (Å²) in [6, 6.07) is 0. The van der Waals surface area contributed by atoms with Gasteiger partial charge in [-0.15, -0.1) is 0 Å². The Morgan fingerprint density at radius 2 is 1.67 bits per heavy atom. The molecule has 0 aliphatic carbocycles. The van der Waals surface area contributed by atoms with Crippen LogP contribution in [0.25, 0.3) is 0 Å². The Bertz CT molecular complexity index is 374. The van der Waals surface area contributed by atoms with E-state index in [2.05, 4.69) is 21.0 Å². The fourth-order valence-electron chi connectivity index (χ4n) is 1.29. The zero-order valence-electron chi connectivity index (χ0n) is 8.91. The van der Waals surface area contributed by atoms with E-state index in [-0.39, 0.29) is 10.2 Å². The van der Waals surface area contributed by atoms with Crippen molar-refractivity contribution in [1.29, 1.82) is 0 Å². The first kappa shape index (κ1) is 12.5. The summed E-state index contributed by atoms with van der Waals surface area (Å²) >= 11 is 3.02. The van der Waals surface area contributed by atoms with Crippen molar-refractivity contribution in [2.24, 2.45) is 0 Å². The highest BCUT2D eigenvalue weighted by atomic mass is 79.9. The van der Waals surface area contributed by atoms with Crippen LogP contribution >= 0.6 is 15.9 Å². The van der Waals surface area contributed by atoms with Crippen molar-refractivity contribution in [3.05, 3.63) is 15.9 Å². The Kier molecular flexibility index (Phi) is 2.93. The number of nitrogens with zero attached hydrogens (tertiary/aromatic N) is 2. The van der Waals surface area contributed by atoms with Gasteiger partial charge in [0.25, 0.3) is 0 Å². The average Bonchev–Trinajstić information content (AvgIpc) is 2.25. The molecule has 0 radical (unpaired) electrons. The highest BCUT2D eigenvalue weighted by Crippen LogP contribution is 2.37. The van der Waals surface area contributed by atoms with E-state index in [1.54, 1.807) is 20.8 Å². The van der Waals surface area contributed by atoms with E-state index in [4.69, 9.17) is 0 Å². The molecule has 0 aliphatic heterocycles. The van der Waals surface area contributed by atoms with Crippen LogP contribution in [0.2, 0.25) is 0 Å². The molecule has 0 aliphatic rings. The zero-order valence-corrected chi connectivity index (χ0v) is 10.5. The fraction of sp³-hybridized carbons (Fsp3) is 0.667. The third kappa shape index (κ3) is 2.35. The molecule has 0 amide bonds. The average molecular weight is 285 g/mol. The molecule has 0 fully saturated rings. The lowest BCUT2D eigenvalue weighted by molar-refractivity contribution is -0.146. The molecule has 1 rings (SSSR count). The van der Waals surface area contributed by atoms with Gasteiger partial charge in [-0.2, -0.15) is 18.3 Å². The number of aromatic nitrogens is 2. The van der Waals surface area contributed by atoms with E-state index in [0.29, 0.717) is 0 Å². The monoisotopic (exact) mass is 284 g/mol. The minimum atomic E-state index is -4.38. The standard InChI is InChI=1S/C9H12BrF3N2/c1-5-6(9(11,12)13)15(8(2,3)4)14-7(5)10/h1-4H3. The zero-order chi connectivity index (χ0) is 12.0. The van der Waals surface area contributed by atoms with Crippen molar-refractivity contribution in [3.63, 3.8) is 0 Å². The number of halogens is 4. The van der Waals surface area contributed by atoms with Crippen LogP contribution in [0.3, 0.4) is 0 Å². The molecule has 1 heterocycles. The SMILES string of the molecule is Cc1c(Br)nn(C(C)(C)C)c1C(F)(F)F. The third-order valence-electron chi connectivity index (χ3n) is 1.97. The molecule has 2 nitrogen and oxygen atoms in total. The Morgan fingerprint density at radius 1 is 1.20 bits per heavy atom. The first-order valence-corrected chi connectivity index (χ1v) is 5.17. The Hall–Kier alpha value is -0.520. The quantitative estimate of drug-likeness (QED) is 0.710. The van der Waals surface area contributed by atoms with Crippen molar-refractivity contribution in [2.45, 2.75) is 39.4 Å². The maximum atomic E-state index is 12.8. The van der Waals surface area contributed by atoms with Crippen LogP contribution in [0.1, 0.15) is 32.0 Å². The van der Waals surface area contributed by atoms with Crippen molar-refractivity contribution < 1.29 is 13.2 Å². The van der Waals surface area contributed by atoms with Crippen LogP contribution < -0.4 is 0 Å². The van der Waals surface area contributed by atoms with E-state index in [9.17, 15) is 13.2 Å². The van der Waals surface area contributed by atoms with Gasteiger partial charge in [0.05, 0.1) is 5.54 Å². The normalized spacial score (nSPS) is 13.3. The predicted octanol–water partition coefficient (Wildman–Crippen LogP) is 3.73. The van der Waals surface area contributed by atoms with Crippen molar-refractivity contribution in [1.82, 2.24) is 9.78 Å². The van der Waals surface area contributed by atoms with Gasteiger partial charge in [-0.05, 0) is 43.6 Å². The summed E-state index contributed by atoms with van der Waals surface area (Å²) in [5, 5.41) is 3.86. The van der Waals surface area contributed by atoms with E-state index < -0.39 is 17.4 Å². The molecule has 1 aromatic heterocycles. The van der Waals surface area contributed by atoms with Gasteiger partial charge < -0.3 is 0 Å². The van der Waals surface area contributed by atoms with Gasteiger partial charge >= 0.3 is 6.18 Å². The lowest BCUT2D eigenvalue weighted by Gasteiger charge is -2.23. The van der Waals surface area contributed by atoms with Crippen LogP contribution in [0, 0.1) is 6.92 Å². The summed E-state index contributed by atoms with van der Waals surface area (Å²) in [5.41, 5.74) is -1.26. The second kappa shape index (κ2) is 3.50. The van der Waals surface area contributed by atoms with E-state index >= 15 is 0 Å². The summed E-state index contributed by atoms with van der Waals surface area (Å²) in [6.07, 6.45) is -4.38. The van der Waals surface area contributed by atoms with Crippen molar-refractivity contribution >= 4 is 15.9 Å². The van der Waals surface area contributed by atoms with Crippen LogP contribution in [0.5, 0.6) is 0 Å². The molecular formula is C9H12BrF3N2. The molecule has 15 heavy (non-hydrogen) atoms. The molecule has 0 atom stereocenters. The topological polar surface area (TPSA) is 17.8 Å².